The maximum Gasteiger partial charge on any atom is 0.220 e. The lowest BCUT2D eigenvalue weighted by Gasteiger charge is -2.30. The fourth-order valence-electron chi connectivity index (χ4n) is 1.95. The van der Waals surface area contributed by atoms with Crippen molar-refractivity contribution in [1.29, 1.82) is 0 Å². The van der Waals surface area contributed by atoms with Crippen molar-refractivity contribution in [2.45, 2.75) is 76.5 Å². The minimum Gasteiger partial charge on any atom is -0.412 e. The maximum atomic E-state index is 6.16. The Morgan fingerprint density at radius 1 is 0.941 bits per heavy atom. The second kappa shape index (κ2) is 8.79. The van der Waals surface area contributed by atoms with Crippen molar-refractivity contribution in [3.63, 3.8) is 0 Å². The maximum absolute atomic E-state index is 6.16. The summed E-state index contributed by atoms with van der Waals surface area (Å²) >= 11 is 12.0. The molecular weight excluding hydrogens is 271 g/mol. The normalized spacial score (nSPS) is 14.6. The Balaban J connectivity index is 4.16. The van der Waals surface area contributed by atoms with Crippen molar-refractivity contribution in [3.8, 4) is 0 Å². The molecule has 1 atom stereocenters. The summed E-state index contributed by atoms with van der Waals surface area (Å²) in [4.78, 5) is 0. The van der Waals surface area contributed by atoms with Gasteiger partial charge in [-0.1, -0.05) is 33.6 Å². The molecule has 0 bridgehead atoms. The lowest BCUT2D eigenvalue weighted by Crippen LogP contribution is -2.42. The van der Waals surface area contributed by atoms with Gasteiger partial charge in [0.2, 0.25) is 8.32 Å². The summed E-state index contributed by atoms with van der Waals surface area (Å²) in [6, 6.07) is 0. The molecule has 0 aromatic rings. The number of rotatable bonds is 9. The van der Waals surface area contributed by atoms with E-state index in [0.717, 1.165) is 18.8 Å². The van der Waals surface area contributed by atoms with Crippen LogP contribution in [-0.2, 0) is 4.43 Å². The summed E-state index contributed by atoms with van der Waals surface area (Å²) in [5, 5.41) is 0. The molecular formula is C13H28Cl2OSi. The van der Waals surface area contributed by atoms with Gasteiger partial charge in [-0.05, 0) is 38.3 Å². The second-order valence-corrected chi connectivity index (χ2v) is 11.2. The zero-order valence-corrected chi connectivity index (χ0v) is 14.4. The first kappa shape index (κ1) is 17.8. The quantitative estimate of drug-likeness (QED) is 0.401. The minimum absolute atomic E-state index is 0.331. The van der Waals surface area contributed by atoms with E-state index in [1.165, 1.54) is 19.3 Å². The van der Waals surface area contributed by atoms with E-state index >= 15 is 0 Å². The van der Waals surface area contributed by atoms with Gasteiger partial charge in [-0.2, -0.15) is 0 Å². The molecule has 0 spiro atoms. The molecule has 4 heteroatoms. The number of alkyl halides is 2. The molecule has 104 valence electrons. The van der Waals surface area contributed by atoms with Crippen LogP contribution in [0.2, 0.25) is 13.1 Å². The molecule has 0 aromatic heterocycles. The average molecular weight is 299 g/mol. The molecule has 1 nitrogen and oxygen atoms in total. The Bertz CT molecular complexity index is 194. The van der Waals surface area contributed by atoms with Crippen molar-refractivity contribution in [2.24, 2.45) is 5.92 Å². The smallest absolute Gasteiger partial charge is 0.220 e. The Kier molecular flexibility index (Phi) is 9.18. The fourth-order valence-corrected chi connectivity index (χ4v) is 3.50. The van der Waals surface area contributed by atoms with Crippen LogP contribution in [0, 0.1) is 5.92 Å². The molecule has 0 N–H and O–H groups in total. The lowest BCUT2D eigenvalue weighted by atomic mass is 9.95. The van der Waals surface area contributed by atoms with Gasteiger partial charge in [0.15, 0.2) is 0 Å². The zero-order valence-electron chi connectivity index (χ0n) is 11.9. The van der Waals surface area contributed by atoms with Crippen molar-refractivity contribution in [3.05, 3.63) is 0 Å². The van der Waals surface area contributed by atoms with Crippen LogP contribution in [-0.4, -0.2) is 18.9 Å². The molecule has 0 aliphatic carbocycles. The van der Waals surface area contributed by atoms with Crippen LogP contribution in [0.3, 0.4) is 0 Å². The van der Waals surface area contributed by atoms with Crippen molar-refractivity contribution in [1.82, 2.24) is 0 Å². The third-order valence-electron chi connectivity index (χ3n) is 3.50. The highest BCUT2D eigenvalue weighted by atomic mass is 35.5. The largest absolute Gasteiger partial charge is 0.412 e. The number of hydrogen-bond acceptors (Lipinski definition) is 1. The van der Waals surface area contributed by atoms with Gasteiger partial charge < -0.3 is 4.43 Å². The summed E-state index contributed by atoms with van der Waals surface area (Å²) in [7, 11) is -1.93. The van der Waals surface area contributed by atoms with E-state index in [-0.39, 0.29) is 4.46 Å². The van der Waals surface area contributed by atoms with E-state index in [9.17, 15) is 0 Å². The summed E-state index contributed by atoms with van der Waals surface area (Å²) in [6.45, 7) is 10.9. The summed E-state index contributed by atoms with van der Waals surface area (Å²) in [5.41, 5.74) is 0. The Hall–Kier alpha value is 0.757. The summed E-state index contributed by atoms with van der Waals surface area (Å²) in [5.74, 6) is 0.834. The molecule has 0 rings (SSSR count). The van der Waals surface area contributed by atoms with Crippen molar-refractivity contribution < 1.29 is 4.43 Å². The van der Waals surface area contributed by atoms with Gasteiger partial charge in [-0.25, -0.2) is 0 Å². The van der Waals surface area contributed by atoms with Crippen LogP contribution in [0.5, 0.6) is 0 Å². The van der Waals surface area contributed by atoms with Crippen molar-refractivity contribution in [2.75, 3.05) is 0 Å². The van der Waals surface area contributed by atoms with Crippen LogP contribution in [0.25, 0.3) is 0 Å². The minimum atomic E-state index is -1.93. The van der Waals surface area contributed by atoms with Gasteiger partial charge in [0, 0.05) is 6.10 Å². The number of halogens is 2. The first-order chi connectivity index (χ1) is 7.87. The Labute approximate surface area is 118 Å². The van der Waals surface area contributed by atoms with Gasteiger partial charge in [0.05, 0.1) is 0 Å². The zero-order chi connectivity index (χ0) is 13.5. The lowest BCUT2D eigenvalue weighted by molar-refractivity contribution is 0.166. The first-order valence-electron chi connectivity index (χ1n) is 6.83. The van der Waals surface area contributed by atoms with Gasteiger partial charge in [-0.15, -0.1) is 23.2 Å². The molecule has 0 radical (unpaired) electrons. The predicted molar refractivity (Wildman–Crippen MR) is 81.4 cm³/mol. The van der Waals surface area contributed by atoms with E-state index in [0.29, 0.717) is 6.10 Å². The molecule has 0 saturated heterocycles. The fraction of sp³-hybridized carbons (Fsp3) is 1.00. The predicted octanol–water partition coefficient (Wildman–Crippen LogP) is 5.55. The average Bonchev–Trinajstić information content (AvgIpc) is 2.28. The first-order valence-corrected chi connectivity index (χ1v) is 10.7. The third-order valence-corrected chi connectivity index (χ3v) is 8.65. The Morgan fingerprint density at radius 3 is 1.82 bits per heavy atom. The molecule has 0 heterocycles. The van der Waals surface area contributed by atoms with Gasteiger partial charge >= 0.3 is 0 Å². The van der Waals surface area contributed by atoms with Crippen LogP contribution in [0.15, 0.2) is 0 Å². The highest BCUT2D eigenvalue weighted by Gasteiger charge is 2.33. The van der Waals surface area contributed by atoms with Crippen LogP contribution in [0.1, 0.15) is 52.9 Å². The van der Waals surface area contributed by atoms with Gasteiger partial charge in [-0.3, -0.25) is 0 Å². The van der Waals surface area contributed by atoms with Crippen molar-refractivity contribution >= 4 is 31.5 Å². The number of hydrogen-bond donors (Lipinski definition) is 0. The highest BCUT2D eigenvalue weighted by molar-refractivity contribution is 6.88. The molecule has 17 heavy (non-hydrogen) atoms. The van der Waals surface area contributed by atoms with Crippen LogP contribution in [0.4, 0.5) is 0 Å². The monoisotopic (exact) mass is 298 g/mol. The molecule has 0 amide bonds. The molecule has 0 saturated carbocycles. The van der Waals surface area contributed by atoms with Crippen LogP contribution < -0.4 is 0 Å². The Morgan fingerprint density at radius 2 is 1.47 bits per heavy atom. The molecule has 0 aliphatic heterocycles. The SMILES string of the molecule is CCC(CC)CCC(CC)O[Si](C)(C)C(Cl)Cl. The summed E-state index contributed by atoms with van der Waals surface area (Å²) in [6.07, 6.45) is 6.31. The van der Waals surface area contributed by atoms with Crippen LogP contribution >= 0.6 is 23.2 Å². The third kappa shape index (κ3) is 7.05. The second-order valence-electron chi connectivity index (χ2n) is 5.31. The van der Waals surface area contributed by atoms with Gasteiger partial charge in [0.25, 0.3) is 0 Å². The highest BCUT2D eigenvalue weighted by Crippen LogP contribution is 2.25. The summed E-state index contributed by atoms with van der Waals surface area (Å²) < 4.78 is 5.82. The molecule has 0 aliphatic rings. The molecule has 0 fully saturated rings. The van der Waals surface area contributed by atoms with E-state index in [2.05, 4.69) is 33.9 Å². The van der Waals surface area contributed by atoms with E-state index in [1.807, 2.05) is 0 Å². The molecule has 0 aromatic carbocycles. The van der Waals surface area contributed by atoms with Gasteiger partial charge in [0.1, 0.15) is 4.46 Å². The molecule has 1 unspecified atom stereocenters. The van der Waals surface area contributed by atoms with E-state index < -0.39 is 8.32 Å². The van der Waals surface area contributed by atoms with E-state index in [4.69, 9.17) is 27.6 Å². The topological polar surface area (TPSA) is 9.23 Å². The van der Waals surface area contributed by atoms with E-state index in [1.54, 1.807) is 0 Å². The standard InChI is InChI=1S/C13H28Cl2OSi/c1-6-11(7-2)9-10-12(8-3)16-17(4,5)13(14)15/h11-13H,6-10H2,1-5H3.